The van der Waals surface area contributed by atoms with Crippen LogP contribution >= 0.6 is 0 Å². The number of hydrogen-bond donors (Lipinski definition) is 1. The standard InChI is InChI=1S/C23H27N3O4/c1-29-18-13-16(14-19(15-18)30-2)7-8-22(27)25-11-9-17(10-12-25)26-21-6-4-3-5-20(21)24-23(26)28/h3-6,13-15,17H,7-12H2,1-2H3,(H,24,28). The maximum atomic E-state index is 12.7. The van der Waals surface area contributed by atoms with Crippen molar-refractivity contribution in [1.82, 2.24) is 14.5 Å². The number of likely N-dealkylation sites (tertiary alicyclic amines) is 1. The number of piperidine rings is 1. The van der Waals surface area contributed by atoms with Crippen molar-refractivity contribution in [3.8, 4) is 11.5 Å². The number of nitrogens with zero attached hydrogens (tertiary/aromatic N) is 2. The summed E-state index contributed by atoms with van der Waals surface area (Å²) < 4.78 is 12.5. The summed E-state index contributed by atoms with van der Waals surface area (Å²) in [4.78, 5) is 30.0. The van der Waals surface area contributed by atoms with Crippen molar-refractivity contribution in [2.75, 3.05) is 27.3 Å². The van der Waals surface area contributed by atoms with E-state index in [2.05, 4.69) is 4.98 Å². The van der Waals surface area contributed by atoms with Crippen LogP contribution in [0.5, 0.6) is 11.5 Å². The van der Waals surface area contributed by atoms with Gasteiger partial charge in [0.05, 0.1) is 25.3 Å². The van der Waals surface area contributed by atoms with Gasteiger partial charge >= 0.3 is 5.69 Å². The van der Waals surface area contributed by atoms with Crippen molar-refractivity contribution in [2.24, 2.45) is 0 Å². The fourth-order valence-corrected chi connectivity index (χ4v) is 4.23. The van der Waals surface area contributed by atoms with Gasteiger partial charge in [-0.25, -0.2) is 4.79 Å². The molecule has 0 atom stereocenters. The Balaban J connectivity index is 1.37. The number of aryl methyl sites for hydroxylation is 1. The molecule has 30 heavy (non-hydrogen) atoms. The van der Waals surface area contributed by atoms with Gasteiger partial charge in [0, 0.05) is 31.6 Å². The Labute approximate surface area is 175 Å². The predicted octanol–water partition coefficient (Wildman–Crippen LogP) is 3.14. The number of amides is 1. The number of carbonyl (C=O) groups excluding carboxylic acids is 1. The molecule has 2 heterocycles. The van der Waals surface area contributed by atoms with E-state index < -0.39 is 0 Å². The van der Waals surface area contributed by atoms with Crippen LogP contribution in [0.15, 0.2) is 47.3 Å². The van der Waals surface area contributed by atoms with Crippen molar-refractivity contribution in [2.45, 2.75) is 31.7 Å². The Bertz CT molecular complexity index is 1070. The lowest BCUT2D eigenvalue weighted by Crippen LogP contribution is -2.40. The van der Waals surface area contributed by atoms with Gasteiger partial charge in [-0.2, -0.15) is 0 Å². The molecule has 1 aliphatic heterocycles. The smallest absolute Gasteiger partial charge is 0.326 e. The number of fused-ring (bicyclic) bond motifs is 1. The number of aromatic nitrogens is 2. The lowest BCUT2D eigenvalue weighted by Gasteiger charge is -2.32. The normalized spacial score (nSPS) is 14.8. The molecular formula is C23H27N3O4. The first-order valence-electron chi connectivity index (χ1n) is 10.3. The highest BCUT2D eigenvalue weighted by Crippen LogP contribution is 2.26. The first-order valence-corrected chi connectivity index (χ1v) is 10.3. The number of nitrogens with one attached hydrogen (secondary N) is 1. The molecule has 0 saturated carbocycles. The van der Waals surface area contributed by atoms with Crippen molar-refractivity contribution in [3.63, 3.8) is 0 Å². The minimum atomic E-state index is -0.0760. The Morgan fingerprint density at radius 2 is 1.73 bits per heavy atom. The van der Waals surface area contributed by atoms with Crippen LogP contribution in [0.1, 0.15) is 30.9 Å². The van der Waals surface area contributed by atoms with E-state index >= 15 is 0 Å². The Morgan fingerprint density at radius 3 is 2.40 bits per heavy atom. The first-order chi connectivity index (χ1) is 14.6. The number of carbonyl (C=O) groups is 1. The third-order valence-electron chi connectivity index (χ3n) is 5.85. The molecule has 1 amide bonds. The van der Waals surface area contributed by atoms with Crippen LogP contribution in [0, 0.1) is 0 Å². The SMILES string of the molecule is COc1cc(CCC(=O)N2CCC(n3c(=O)[nH]c4ccccc43)CC2)cc(OC)c1. The molecule has 1 N–H and O–H groups in total. The molecule has 1 fully saturated rings. The molecule has 7 nitrogen and oxygen atoms in total. The number of rotatable bonds is 6. The molecule has 0 bridgehead atoms. The molecular weight excluding hydrogens is 382 g/mol. The van der Waals surface area contributed by atoms with E-state index in [-0.39, 0.29) is 17.6 Å². The van der Waals surface area contributed by atoms with Crippen LogP contribution in [0.2, 0.25) is 0 Å². The van der Waals surface area contributed by atoms with Gasteiger partial charge in [0.1, 0.15) is 11.5 Å². The highest BCUT2D eigenvalue weighted by atomic mass is 16.5. The zero-order valence-corrected chi connectivity index (χ0v) is 17.4. The average Bonchev–Trinajstić information content (AvgIpc) is 3.12. The molecule has 0 spiro atoms. The molecule has 1 aromatic heterocycles. The van der Waals surface area contributed by atoms with E-state index in [1.807, 2.05) is 51.9 Å². The number of benzene rings is 2. The summed E-state index contributed by atoms with van der Waals surface area (Å²) in [6.07, 6.45) is 2.63. The van der Waals surface area contributed by atoms with Crippen LogP contribution in [0.25, 0.3) is 11.0 Å². The van der Waals surface area contributed by atoms with Gasteiger partial charge in [0.25, 0.3) is 0 Å². The van der Waals surface area contributed by atoms with E-state index in [1.54, 1.807) is 14.2 Å². The number of hydrogen-bond acceptors (Lipinski definition) is 4. The molecule has 0 unspecified atom stereocenters. The quantitative estimate of drug-likeness (QED) is 0.679. The summed E-state index contributed by atoms with van der Waals surface area (Å²) >= 11 is 0. The summed E-state index contributed by atoms with van der Waals surface area (Å²) in [5.41, 5.74) is 2.72. The Kier molecular flexibility index (Phi) is 5.79. The van der Waals surface area contributed by atoms with Crippen molar-refractivity contribution < 1.29 is 14.3 Å². The summed E-state index contributed by atoms with van der Waals surface area (Å²) in [7, 11) is 3.24. The predicted molar refractivity (Wildman–Crippen MR) is 115 cm³/mol. The van der Waals surface area contributed by atoms with Gasteiger partial charge in [-0.3, -0.25) is 9.36 Å². The van der Waals surface area contributed by atoms with Crippen molar-refractivity contribution >= 4 is 16.9 Å². The molecule has 4 rings (SSSR count). The van der Waals surface area contributed by atoms with Gasteiger partial charge < -0.3 is 19.4 Å². The van der Waals surface area contributed by atoms with Gasteiger partial charge in [-0.1, -0.05) is 12.1 Å². The lowest BCUT2D eigenvalue weighted by molar-refractivity contribution is -0.132. The monoisotopic (exact) mass is 409 g/mol. The number of methoxy groups -OCH3 is 2. The van der Waals surface area contributed by atoms with Gasteiger partial charge in [0.2, 0.25) is 5.91 Å². The minimum Gasteiger partial charge on any atom is -0.497 e. The second kappa shape index (κ2) is 8.65. The molecule has 3 aromatic rings. The van der Waals surface area contributed by atoms with Crippen LogP contribution in [-0.4, -0.2) is 47.7 Å². The fourth-order valence-electron chi connectivity index (χ4n) is 4.23. The van der Waals surface area contributed by atoms with Crippen LogP contribution in [0.3, 0.4) is 0 Å². The highest BCUT2D eigenvalue weighted by molar-refractivity contribution is 5.77. The molecule has 0 radical (unpaired) electrons. The van der Waals surface area contributed by atoms with E-state index in [0.717, 1.165) is 40.9 Å². The summed E-state index contributed by atoms with van der Waals surface area (Å²) in [5, 5.41) is 0. The third kappa shape index (κ3) is 4.06. The van der Waals surface area contributed by atoms with E-state index in [4.69, 9.17) is 9.47 Å². The number of aromatic amines is 1. The molecule has 158 valence electrons. The van der Waals surface area contributed by atoms with Gasteiger partial charge in [0.15, 0.2) is 0 Å². The molecule has 0 aliphatic carbocycles. The molecule has 7 heteroatoms. The van der Waals surface area contributed by atoms with Gasteiger partial charge in [-0.15, -0.1) is 0 Å². The van der Waals surface area contributed by atoms with Crippen molar-refractivity contribution in [1.29, 1.82) is 0 Å². The average molecular weight is 409 g/mol. The zero-order valence-electron chi connectivity index (χ0n) is 17.4. The second-order valence-corrected chi connectivity index (χ2v) is 7.65. The topological polar surface area (TPSA) is 76.6 Å². The molecule has 1 aliphatic rings. The van der Waals surface area contributed by atoms with Crippen LogP contribution < -0.4 is 15.2 Å². The third-order valence-corrected chi connectivity index (χ3v) is 5.85. The Hall–Kier alpha value is -3.22. The van der Waals surface area contributed by atoms with Gasteiger partial charge in [-0.05, 0) is 49.1 Å². The Morgan fingerprint density at radius 1 is 1.07 bits per heavy atom. The maximum absolute atomic E-state index is 12.7. The zero-order chi connectivity index (χ0) is 21.1. The first kappa shape index (κ1) is 20.1. The maximum Gasteiger partial charge on any atom is 0.326 e. The highest BCUT2D eigenvalue weighted by Gasteiger charge is 2.25. The van der Waals surface area contributed by atoms with E-state index in [9.17, 15) is 9.59 Å². The second-order valence-electron chi connectivity index (χ2n) is 7.65. The molecule has 1 saturated heterocycles. The van der Waals surface area contributed by atoms with Crippen LogP contribution in [-0.2, 0) is 11.2 Å². The summed E-state index contributed by atoms with van der Waals surface area (Å²) in [5.74, 6) is 1.59. The summed E-state index contributed by atoms with van der Waals surface area (Å²) in [6.45, 7) is 1.33. The number of para-hydroxylation sites is 2. The number of imidazole rings is 1. The number of H-pyrrole nitrogens is 1. The van der Waals surface area contributed by atoms with E-state index in [0.29, 0.717) is 25.9 Å². The van der Waals surface area contributed by atoms with Crippen molar-refractivity contribution in [3.05, 3.63) is 58.5 Å². The largest absolute Gasteiger partial charge is 0.497 e. The van der Waals surface area contributed by atoms with E-state index in [1.165, 1.54) is 0 Å². The minimum absolute atomic E-state index is 0.0760. The number of ether oxygens (including phenoxy) is 2. The summed E-state index contributed by atoms with van der Waals surface area (Å²) in [6, 6.07) is 13.5. The fraction of sp³-hybridized carbons (Fsp3) is 0.391. The lowest BCUT2D eigenvalue weighted by atomic mass is 10.0. The molecule has 2 aromatic carbocycles. The van der Waals surface area contributed by atoms with Crippen LogP contribution in [0.4, 0.5) is 0 Å².